The topological polar surface area (TPSA) is 52.0 Å². The molecule has 3 rings (SSSR count). The van der Waals surface area contributed by atoms with Gasteiger partial charge in [0.25, 0.3) is 0 Å². The number of nitriles is 1. The fraction of sp³-hybridized carbons (Fsp3) is 0.294. The average Bonchev–Trinajstić information content (AvgIpc) is 2.91. The van der Waals surface area contributed by atoms with Gasteiger partial charge in [-0.15, -0.1) is 0 Å². The van der Waals surface area contributed by atoms with Crippen molar-refractivity contribution in [1.82, 2.24) is 9.88 Å². The second kappa shape index (κ2) is 6.31. The second-order valence-corrected chi connectivity index (χ2v) is 5.65. The first-order valence-corrected chi connectivity index (χ1v) is 7.37. The molecular formula is C17H16F2N4. The third-order valence-electron chi connectivity index (χ3n) is 4.18. The van der Waals surface area contributed by atoms with Gasteiger partial charge in [0.05, 0.1) is 11.6 Å². The van der Waals surface area contributed by atoms with Crippen molar-refractivity contribution in [3.63, 3.8) is 0 Å². The first-order valence-electron chi connectivity index (χ1n) is 7.37. The number of hydrogen-bond acceptors (Lipinski definition) is 4. The van der Waals surface area contributed by atoms with Crippen LogP contribution in [0.5, 0.6) is 0 Å². The summed E-state index contributed by atoms with van der Waals surface area (Å²) in [7, 11) is 1.94. The number of likely N-dealkylation sites (tertiary alicyclic amines) is 1. The quantitative estimate of drug-likeness (QED) is 0.946. The van der Waals surface area contributed by atoms with E-state index in [4.69, 9.17) is 5.26 Å². The molecule has 118 valence electrons. The number of nitrogens with one attached hydrogen (secondary N) is 1. The minimum absolute atomic E-state index is 0.0353. The van der Waals surface area contributed by atoms with Crippen molar-refractivity contribution in [1.29, 1.82) is 5.26 Å². The van der Waals surface area contributed by atoms with Crippen molar-refractivity contribution in [2.24, 2.45) is 0 Å². The van der Waals surface area contributed by atoms with E-state index in [1.54, 1.807) is 24.4 Å². The predicted octanol–water partition coefficient (Wildman–Crippen LogP) is 3.09. The maximum absolute atomic E-state index is 13.6. The standard InChI is InChI=1S/C17H16F2N4/c1-23-8-6-15(22-17-12(10-20)3-2-7-21-17)16(23)11-4-5-13(18)14(19)9-11/h2-5,7,9,15-16H,6,8H2,1H3,(H,21,22)/t15-,16-/m0/s1. The highest BCUT2D eigenvalue weighted by atomic mass is 19.2. The molecule has 0 bridgehead atoms. The van der Waals surface area contributed by atoms with Crippen LogP contribution in [0.3, 0.4) is 0 Å². The van der Waals surface area contributed by atoms with E-state index in [-0.39, 0.29) is 12.1 Å². The Labute approximate surface area is 133 Å². The van der Waals surface area contributed by atoms with Gasteiger partial charge < -0.3 is 5.32 Å². The third-order valence-corrected chi connectivity index (χ3v) is 4.18. The lowest BCUT2D eigenvalue weighted by Gasteiger charge is -2.26. The lowest BCUT2D eigenvalue weighted by atomic mass is 9.99. The van der Waals surface area contributed by atoms with Crippen LogP contribution >= 0.6 is 0 Å². The van der Waals surface area contributed by atoms with Gasteiger partial charge in [0.2, 0.25) is 0 Å². The summed E-state index contributed by atoms with van der Waals surface area (Å²) in [6.07, 6.45) is 2.44. The van der Waals surface area contributed by atoms with Crippen LogP contribution in [0, 0.1) is 23.0 Å². The van der Waals surface area contributed by atoms with Crippen molar-refractivity contribution in [2.75, 3.05) is 18.9 Å². The zero-order valence-electron chi connectivity index (χ0n) is 12.6. The van der Waals surface area contributed by atoms with E-state index in [9.17, 15) is 8.78 Å². The Morgan fingerprint density at radius 1 is 1.30 bits per heavy atom. The zero-order valence-corrected chi connectivity index (χ0v) is 12.6. The minimum Gasteiger partial charge on any atom is -0.364 e. The molecule has 1 N–H and O–H groups in total. The fourth-order valence-corrected chi connectivity index (χ4v) is 3.07. The van der Waals surface area contributed by atoms with Gasteiger partial charge in [-0.05, 0) is 43.3 Å². The molecule has 0 spiro atoms. The molecule has 2 heterocycles. The molecule has 1 aliphatic rings. The number of anilines is 1. The predicted molar refractivity (Wildman–Crippen MR) is 82.7 cm³/mol. The van der Waals surface area contributed by atoms with E-state index in [0.717, 1.165) is 19.0 Å². The molecule has 23 heavy (non-hydrogen) atoms. The first kappa shape index (κ1) is 15.4. The van der Waals surface area contributed by atoms with Crippen LogP contribution in [-0.4, -0.2) is 29.5 Å². The lowest BCUT2D eigenvalue weighted by molar-refractivity contribution is 0.307. The molecule has 1 saturated heterocycles. The van der Waals surface area contributed by atoms with Crippen LogP contribution in [0.2, 0.25) is 0 Å². The molecule has 1 fully saturated rings. The summed E-state index contributed by atoms with van der Waals surface area (Å²) in [6.45, 7) is 0.816. The minimum atomic E-state index is -0.851. The number of likely N-dealkylation sites (N-methyl/N-ethyl adjacent to an activating group) is 1. The van der Waals surface area contributed by atoms with Crippen molar-refractivity contribution >= 4 is 5.82 Å². The van der Waals surface area contributed by atoms with Crippen LogP contribution in [-0.2, 0) is 0 Å². The Morgan fingerprint density at radius 2 is 2.13 bits per heavy atom. The van der Waals surface area contributed by atoms with Crippen molar-refractivity contribution in [3.8, 4) is 6.07 Å². The Kier molecular flexibility index (Phi) is 4.22. The summed E-state index contributed by atoms with van der Waals surface area (Å²) in [5.41, 5.74) is 1.17. The van der Waals surface area contributed by atoms with Crippen molar-refractivity contribution in [3.05, 3.63) is 59.3 Å². The molecule has 2 atom stereocenters. The van der Waals surface area contributed by atoms with Gasteiger partial charge in [0.1, 0.15) is 11.9 Å². The summed E-state index contributed by atoms with van der Waals surface area (Å²) in [5, 5.41) is 12.4. The number of halogens is 2. The molecule has 0 amide bonds. The van der Waals surface area contributed by atoms with E-state index in [1.165, 1.54) is 6.07 Å². The zero-order chi connectivity index (χ0) is 16.4. The highest BCUT2D eigenvalue weighted by molar-refractivity contribution is 5.52. The van der Waals surface area contributed by atoms with Crippen LogP contribution < -0.4 is 5.32 Å². The maximum Gasteiger partial charge on any atom is 0.159 e. The van der Waals surface area contributed by atoms with Crippen molar-refractivity contribution in [2.45, 2.75) is 18.5 Å². The smallest absolute Gasteiger partial charge is 0.159 e. The van der Waals surface area contributed by atoms with Gasteiger partial charge in [-0.25, -0.2) is 13.8 Å². The normalized spacial score (nSPS) is 21.1. The highest BCUT2D eigenvalue weighted by Gasteiger charge is 2.34. The van der Waals surface area contributed by atoms with Crippen LogP contribution in [0.4, 0.5) is 14.6 Å². The van der Waals surface area contributed by atoms with E-state index in [2.05, 4.69) is 21.3 Å². The number of rotatable bonds is 3. The molecule has 2 aromatic rings. The molecule has 0 radical (unpaired) electrons. The van der Waals surface area contributed by atoms with Gasteiger partial charge in [-0.1, -0.05) is 6.07 Å². The maximum atomic E-state index is 13.6. The van der Waals surface area contributed by atoms with Crippen molar-refractivity contribution < 1.29 is 8.78 Å². The Balaban J connectivity index is 1.89. The SMILES string of the molecule is CN1CC[C@H](Nc2ncccc2C#N)[C@@H]1c1ccc(F)c(F)c1. The number of benzene rings is 1. The number of pyridine rings is 1. The highest BCUT2D eigenvalue weighted by Crippen LogP contribution is 2.33. The summed E-state index contributed by atoms with van der Waals surface area (Å²) < 4.78 is 26.7. The second-order valence-electron chi connectivity index (χ2n) is 5.65. The lowest BCUT2D eigenvalue weighted by Crippen LogP contribution is -2.29. The summed E-state index contributed by atoms with van der Waals surface area (Å²) in [5.74, 6) is -1.18. The van der Waals surface area contributed by atoms with E-state index in [0.29, 0.717) is 16.9 Å². The van der Waals surface area contributed by atoms with Gasteiger partial charge in [0.15, 0.2) is 11.6 Å². The molecule has 4 nitrogen and oxygen atoms in total. The largest absolute Gasteiger partial charge is 0.364 e. The third kappa shape index (κ3) is 3.01. The Bertz CT molecular complexity index is 756. The summed E-state index contributed by atoms with van der Waals surface area (Å²) in [6, 6.07) is 9.34. The van der Waals surface area contributed by atoms with Crippen LogP contribution in [0.15, 0.2) is 36.5 Å². The van der Waals surface area contributed by atoms with Gasteiger partial charge in [0, 0.05) is 18.8 Å². The van der Waals surface area contributed by atoms with E-state index in [1.807, 2.05) is 7.05 Å². The molecule has 1 aromatic heterocycles. The summed E-state index contributed by atoms with van der Waals surface area (Å²) in [4.78, 5) is 6.29. The number of aromatic nitrogens is 1. The van der Waals surface area contributed by atoms with Gasteiger partial charge in [-0.2, -0.15) is 5.26 Å². The van der Waals surface area contributed by atoms with E-state index < -0.39 is 11.6 Å². The number of hydrogen-bond donors (Lipinski definition) is 1. The molecule has 1 aliphatic heterocycles. The first-order chi connectivity index (χ1) is 11.1. The van der Waals surface area contributed by atoms with Gasteiger partial charge >= 0.3 is 0 Å². The molecule has 0 saturated carbocycles. The molecule has 1 aromatic carbocycles. The molecular weight excluding hydrogens is 298 g/mol. The molecule has 0 unspecified atom stereocenters. The fourth-order valence-electron chi connectivity index (χ4n) is 3.07. The molecule has 0 aliphatic carbocycles. The summed E-state index contributed by atoms with van der Waals surface area (Å²) >= 11 is 0. The number of nitrogens with zero attached hydrogens (tertiary/aromatic N) is 3. The Hall–Kier alpha value is -2.52. The molecule has 6 heteroatoms. The van der Waals surface area contributed by atoms with Crippen LogP contribution in [0.1, 0.15) is 23.6 Å². The van der Waals surface area contributed by atoms with E-state index >= 15 is 0 Å². The monoisotopic (exact) mass is 314 g/mol. The van der Waals surface area contributed by atoms with Crippen LogP contribution in [0.25, 0.3) is 0 Å². The Morgan fingerprint density at radius 3 is 2.87 bits per heavy atom. The average molecular weight is 314 g/mol. The van der Waals surface area contributed by atoms with Gasteiger partial charge in [-0.3, -0.25) is 4.90 Å².